The van der Waals surface area contributed by atoms with Crippen molar-refractivity contribution in [1.29, 1.82) is 0 Å². The summed E-state index contributed by atoms with van der Waals surface area (Å²) in [5.74, 6) is -6.80. The van der Waals surface area contributed by atoms with Crippen molar-refractivity contribution < 1.29 is 39.0 Å². The van der Waals surface area contributed by atoms with Crippen LogP contribution >= 0.6 is 0 Å². The van der Waals surface area contributed by atoms with E-state index in [1.807, 2.05) is 0 Å². The van der Waals surface area contributed by atoms with Crippen LogP contribution in [0.15, 0.2) is 0 Å². The number of primary amides is 2. The fraction of sp³-hybridized carbons (Fsp3) is 0.647. The SMILES string of the molecule is CC(C)C(NC(=O)C(CC(N)=O)NC(=O)C(N)C(C)O)C(=O)NC(CC(N)=O)C(=O)O. The van der Waals surface area contributed by atoms with Crippen molar-refractivity contribution in [1.82, 2.24) is 16.0 Å². The number of nitrogens with one attached hydrogen (secondary N) is 3. The summed E-state index contributed by atoms with van der Waals surface area (Å²) in [5, 5.41) is 25.1. The van der Waals surface area contributed by atoms with E-state index in [0.29, 0.717) is 0 Å². The molecule has 0 heterocycles. The Morgan fingerprint density at radius 3 is 1.61 bits per heavy atom. The average molecular weight is 446 g/mol. The Bertz CT molecular complexity index is 711. The van der Waals surface area contributed by atoms with Crippen LogP contribution in [-0.2, 0) is 28.8 Å². The summed E-state index contributed by atoms with van der Waals surface area (Å²) in [6, 6.07) is -5.81. The first-order valence-electron chi connectivity index (χ1n) is 9.31. The Balaban J connectivity index is 5.48. The van der Waals surface area contributed by atoms with E-state index in [9.17, 15) is 33.9 Å². The maximum absolute atomic E-state index is 12.6. The normalized spacial score (nSPS) is 15.7. The number of carbonyl (C=O) groups excluding carboxylic acids is 5. The maximum Gasteiger partial charge on any atom is 0.326 e. The average Bonchev–Trinajstić information content (AvgIpc) is 2.62. The third-order valence-corrected chi connectivity index (χ3v) is 4.13. The Labute approximate surface area is 178 Å². The van der Waals surface area contributed by atoms with E-state index in [-0.39, 0.29) is 0 Å². The molecule has 0 aliphatic carbocycles. The number of aliphatic hydroxyl groups excluding tert-OH is 1. The van der Waals surface area contributed by atoms with Crippen molar-refractivity contribution in [3.63, 3.8) is 0 Å². The molecule has 0 rings (SSSR count). The number of hydrogen-bond donors (Lipinski definition) is 8. The Morgan fingerprint density at radius 1 is 0.774 bits per heavy atom. The largest absolute Gasteiger partial charge is 0.480 e. The molecular formula is C17H30N6O8. The molecule has 14 nitrogen and oxygen atoms in total. The molecule has 5 unspecified atom stereocenters. The predicted octanol–water partition coefficient (Wildman–Crippen LogP) is -4.36. The molecule has 0 saturated carbocycles. The standard InChI is InChI=1S/C17H30N6O8/c1-6(2)13(16(29)22-9(17(30)31)5-11(19)26)23-14(27)8(4-10(18)25)21-15(28)12(20)7(3)24/h6-9,12-13,24H,4-5,20H2,1-3H3,(H2,18,25)(H2,19,26)(H,21,28)(H,22,29)(H,23,27)(H,30,31). The lowest BCUT2D eigenvalue weighted by Gasteiger charge is -2.26. The van der Waals surface area contributed by atoms with Gasteiger partial charge in [-0.2, -0.15) is 0 Å². The molecule has 0 aliphatic heterocycles. The first-order valence-corrected chi connectivity index (χ1v) is 9.31. The van der Waals surface area contributed by atoms with Crippen LogP contribution in [0.3, 0.4) is 0 Å². The van der Waals surface area contributed by atoms with Crippen molar-refractivity contribution in [2.45, 2.75) is 63.9 Å². The van der Waals surface area contributed by atoms with Gasteiger partial charge >= 0.3 is 5.97 Å². The van der Waals surface area contributed by atoms with Crippen LogP contribution in [0.4, 0.5) is 0 Å². The van der Waals surface area contributed by atoms with E-state index in [1.165, 1.54) is 6.92 Å². The van der Waals surface area contributed by atoms with Gasteiger partial charge in [-0.3, -0.25) is 24.0 Å². The molecule has 0 aromatic heterocycles. The van der Waals surface area contributed by atoms with Crippen LogP contribution in [-0.4, -0.2) is 76.0 Å². The minimum Gasteiger partial charge on any atom is -0.480 e. The molecule has 5 amide bonds. The second kappa shape index (κ2) is 12.4. The van der Waals surface area contributed by atoms with E-state index in [0.717, 1.165) is 0 Å². The highest BCUT2D eigenvalue weighted by atomic mass is 16.4. The minimum absolute atomic E-state index is 0.559. The van der Waals surface area contributed by atoms with E-state index < -0.39 is 84.5 Å². The van der Waals surface area contributed by atoms with Crippen LogP contribution in [0, 0.1) is 5.92 Å². The summed E-state index contributed by atoms with van der Waals surface area (Å²) in [6.45, 7) is 4.33. The van der Waals surface area contributed by atoms with Gasteiger partial charge in [0.2, 0.25) is 29.5 Å². The summed E-state index contributed by atoms with van der Waals surface area (Å²) >= 11 is 0. The number of nitrogens with two attached hydrogens (primary N) is 3. The first kappa shape index (κ1) is 27.7. The zero-order chi connectivity index (χ0) is 24.5. The molecule has 11 N–H and O–H groups in total. The zero-order valence-corrected chi connectivity index (χ0v) is 17.5. The minimum atomic E-state index is -1.62. The van der Waals surface area contributed by atoms with Gasteiger partial charge in [-0.15, -0.1) is 0 Å². The Morgan fingerprint density at radius 2 is 1.23 bits per heavy atom. The molecule has 14 heteroatoms. The van der Waals surface area contributed by atoms with Crippen molar-refractivity contribution in [3.8, 4) is 0 Å². The molecule has 0 saturated heterocycles. The number of aliphatic hydroxyl groups is 1. The highest BCUT2D eigenvalue weighted by Gasteiger charge is 2.33. The number of rotatable bonds is 13. The molecule has 0 spiro atoms. The number of carboxylic acids is 1. The highest BCUT2D eigenvalue weighted by molar-refractivity contribution is 5.96. The van der Waals surface area contributed by atoms with Gasteiger partial charge in [0.15, 0.2) is 0 Å². The van der Waals surface area contributed by atoms with E-state index in [4.69, 9.17) is 22.3 Å². The number of amides is 5. The molecule has 31 heavy (non-hydrogen) atoms. The second-order valence-electron chi connectivity index (χ2n) is 7.30. The number of aliphatic carboxylic acids is 1. The summed E-state index contributed by atoms with van der Waals surface area (Å²) in [7, 11) is 0. The van der Waals surface area contributed by atoms with Crippen LogP contribution in [0.25, 0.3) is 0 Å². The summed E-state index contributed by atoms with van der Waals surface area (Å²) < 4.78 is 0. The quantitative estimate of drug-likeness (QED) is 0.136. The number of carboxylic acid groups (broad SMARTS) is 1. The van der Waals surface area contributed by atoms with Gasteiger partial charge in [0, 0.05) is 0 Å². The van der Waals surface area contributed by atoms with Crippen molar-refractivity contribution in [3.05, 3.63) is 0 Å². The maximum atomic E-state index is 12.6. The third kappa shape index (κ3) is 9.86. The fourth-order valence-electron chi connectivity index (χ4n) is 2.35. The van der Waals surface area contributed by atoms with Crippen LogP contribution in [0.1, 0.15) is 33.6 Å². The first-order chi connectivity index (χ1) is 14.2. The third-order valence-electron chi connectivity index (χ3n) is 4.13. The van der Waals surface area contributed by atoms with Gasteiger partial charge in [0.25, 0.3) is 0 Å². The summed E-state index contributed by atoms with van der Waals surface area (Å²) in [6.07, 6.45) is -2.54. The number of carbonyl (C=O) groups is 6. The second-order valence-corrected chi connectivity index (χ2v) is 7.30. The van der Waals surface area contributed by atoms with Crippen molar-refractivity contribution in [2.75, 3.05) is 0 Å². The van der Waals surface area contributed by atoms with Crippen LogP contribution in [0.2, 0.25) is 0 Å². The molecule has 0 aromatic carbocycles. The van der Waals surface area contributed by atoms with Gasteiger partial charge in [-0.1, -0.05) is 13.8 Å². The molecule has 5 atom stereocenters. The fourth-order valence-corrected chi connectivity index (χ4v) is 2.35. The predicted molar refractivity (Wildman–Crippen MR) is 106 cm³/mol. The van der Waals surface area contributed by atoms with Gasteiger partial charge in [-0.25, -0.2) is 4.79 Å². The molecule has 176 valence electrons. The van der Waals surface area contributed by atoms with Gasteiger partial charge in [0.05, 0.1) is 18.9 Å². The summed E-state index contributed by atoms with van der Waals surface area (Å²) in [4.78, 5) is 70.7. The lowest BCUT2D eigenvalue weighted by atomic mass is 10.0. The van der Waals surface area contributed by atoms with Gasteiger partial charge < -0.3 is 43.4 Å². The molecule has 0 radical (unpaired) electrons. The highest BCUT2D eigenvalue weighted by Crippen LogP contribution is 2.06. The van der Waals surface area contributed by atoms with E-state index >= 15 is 0 Å². The van der Waals surface area contributed by atoms with Crippen molar-refractivity contribution >= 4 is 35.5 Å². The molecule has 0 fully saturated rings. The van der Waals surface area contributed by atoms with Crippen LogP contribution in [0.5, 0.6) is 0 Å². The van der Waals surface area contributed by atoms with E-state index in [2.05, 4.69) is 16.0 Å². The number of hydrogen-bond acceptors (Lipinski definition) is 8. The molecular weight excluding hydrogens is 416 g/mol. The Hall–Kier alpha value is -3.26. The summed E-state index contributed by atoms with van der Waals surface area (Å²) in [5.41, 5.74) is 15.6. The van der Waals surface area contributed by atoms with E-state index in [1.54, 1.807) is 13.8 Å². The molecule has 0 aromatic rings. The topological polar surface area (TPSA) is 257 Å². The van der Waals surface area contributed by atoms with Crippen molar-refractivity contribution in [2.24, 2.45) is 23.1 Å². The smallest absolute Gasteiger partial charge is 0.326 e. The van der Waals surface area contributed by atoms with Gasteiger partial charge in [0.1, 0.15) is 24.2 Å². The van der Waals surface area contributed by atoms with Gasteiger partial charge in [-0.05, 0) is 12.8 Å². The lowest BCUT2D eigenvalue weighted by Crippen LogP contribution is -2.59. The molecule has 0 bridgehead atoms. The van der Waals surface area contributed by atoms with Crippen LogP contribution < -0.4 is 33.2 Å². The monoisotopic (exact) mass is 446 g/mol. The molecule has 0 aliphatic rings. The lowest BCUT2D eigenvalue weighted by molar-refractivity contribution is -0.144. The zero-order valence-electron chi connectivity index (χ0n) is 17.5. The Kier molecular flexibility index (Phi) is 11.1.